The molecule has 184 valence electrons. The molecule has 1 N–H and O–H groups in total. The Balaban J connectivity index is 1.21. The number of nitrogens with zero attached hydrogens (tertiary/aromatic N) is 3. The van der Waals surface area contributed by atoms with Crippen molar-refractivity contribution in [2.75, 3.05) is 0 Å². The molecule has 8 atom stereocenters. The van der Waals surface area contributed by atoms with E-state index in [0.717, 1.165) is 54.1 Å². The number of aliphatic hydroxyl groups is 1. The fraction of sp³-hybridized carbons (Fsp3) is 0.759. The van der Waals surface area contributed by atoms with Crippen LogP contribution < -0.4 is 0 Å². The summed E-state index contributed by atoms with van der Waals surface area (Å²) < 4.78 is 0. The summed E-state index contributed by atoms with van der Waals surface area (Å²) in [4.78, 5) is 15.3. The standard InChI is InChI=1S/C29H41N3O2/c1-18-6-5-7-24-26(18)31-32(30-24)17-25(33)23-11-10-21-20-9-8-19-16-27(2,34)14-15-28(19,3)22(20)12-13-29(21,23)4/h5-7,19-23,34H,8-17H2,1-4H3/t19-,20+,21+,22+,23-,27-,28+,29+/m1/s1. The van der Waals surface area contributed by atoms with E-state index in [-0.39, 0.29) is 11.3 Å². The van der Waals surface area contributed by atoms with Crippen LogP contribution in [-0.4, -0.2) is 31.5 Å². The summed E-state index contributed by atoms with van der Waals surface area (Å²) in [5.41, 5.74) is 2.89. The molecule has 0 aliphatic heterocycles. The number of aromatic nitrogens is 3. The maximum Gasteiger partial charge on any atom is 0.159 e. The van der Waals surface area contributed by atoms with Gasteiger partial charge in [0.1, 0.15) is 17.6 Å². The van der Waals surface area contributed by atoms with Crippen molar-refractivity contribution in [3.05, 3.63) is 23.8 Å². The van der Waals surface area contributed by atoms with Crippen LogP contribution in [0.1, 0.15) is 84.1 Å². The van der Waals surface area contributed by atoms with E-state index in [9.17, 15) is 9.90 Å². The first kappa shape index (κ1) is 22.7. The number of hydrogen-bond donors (Lipinski definition) is 1. The Morgan fingerprint density at radius 1 is 1.00 bits per heavy atom. The molecule has 4 aliphatic rings. The third kappa shape index (κ3) is 3.32. The van der Waals surface area contributed by atoms with Crippen LogP contribution in [-0.2, 0) is 11.3 Å². The monoisotopic (exact) mass is 463 g/mol. The van der Waals surface area contributed by atoms with Crippen LogP contribution >= 0.6 is 0 Å². The van der Waals surface area contributed by atoms with Gasteiger partial charge in [0.05, 0.1) is 5.60 Å². The Labute approximate surface area is 203 Å². The van der Waals surface area contributed by atoms with Crippen molar-refractivity contribution < 1.29 is 9.90 Å². The van der Waals surface area contributed by atoms with Crippen LogP contribution in [0, 0.1) is 47.3 Å². The molecular formula is C29H41N3O2. The van der Waals surface area contributed by atoms with Gasteiger partial charge >= 0.3 is 0 Å². The minimum Gasteiger partial charge on any atom is -0.390 e. The normalized spacial score (nSPS) is 43.9. The van der Waals surface area contributed by atoms with E-state index in [1.165, 1.54) is 32.1 Å². The number of hydrogen-bond acceptors (Lipinski definition) is 4. The smallest absolute Gasteiger partial charge is 0.159 e. The van der Waals surface area contributed by atoms with Gasteiger partial charge in [-0.05, 0) is 118 Å². The number of rotatable bonds is 3. The minimum absolute atomic E-state index is 0.115. The van der Waals surface area contributed by atoms with Crippen molar-refractivity contribution in [3.63, 3.8) is 0 Å². The molecular weight excluding hydrogens is 422 g/mol. The Bertz CT molecular complexity index is 1120. The molecule has 0 radical (unpaired) electrons. The van der Waals surface area contributed by atoms with Crippen LogP contribution in [0.3, 0.4) is 0 Å². The molecule has 1 heterocycles. The fourth-order valence-electron chi connectivity index (χ4n) is 9.40. The highest BCUT2D eigenvalue weighted by Crippen LogP contribution is 2.68. The number of Topliss-reactive ketones (excluding diaryl/α,β-unsaturated/α-hetero) is 1. The summed E-state index contributed by atoms with van der Waals surface area (Å²) in [5.74, 6) is 3.28. The van der Waals surface area contributed by atoms with Gasteiger partial charge in [0.25, 0.3) is 0 Å². The zero-order valence-electron chi connectivity index (χ0n) is 21.4. The molecule has 0 saturated heterocycles. The summed E-state index contributed by atoms with van der Waals surface area (Å²) >= 11 is 0. The predicted octanol–water partition coefficient (Wildman–Crippen LogP) is 5.72. The zero-order chi connectivity index (χ0) is 23.9. The zero-order valence-corrected chi connectivity index (χ0v) is 21.4. The van der Waals surface area contributed by atoms with E-state index in [1.807, 2.05) is 32.0 Å². The van der Waals surface area contributed by atoms with Gasteiger partial charge < -0.3 is 5.11 Å². The Morgan fingerprint density at radius 3 is 2.59 bits per heavy atom. The third-order valence-electron chi connectivity index (χ3n) is 11.3. The highest BCUT2D eigenvalue weighted by Gasteiger charge is 2.61. The van der Waals surface area contributed by atoms with Gasteiger partial charge in [-0.2, -0.15) is 15.0 Å². The Morgan fingerprint density at radius 2 is 1.79 bits per heavy atom. The van der Waals surface area contributed by atoms with Crippen molar-refractivity contribution in [2.45, 2.75) is 97.6 Å². The molecule has 34 heavy (non-hydrogen) atoms. The second kappa shape index (κ2) is 7.62. The lowest BCUT2D eigenvalue weighted by Gasteiger charge is -2.61. The van der Waals surface area contributed by atoms with Gasteiger partial charge in [0.2, 0.25) is 0 Å². The lowest BCUT2D eigenvalue weighted by molar-refractivity contribution is -0.151. The molecule has 1 aromatic carbocycles. The van der Waals surface area contributed by atoms with Gasteiger partial charge in [0, 0.05) is 5.92 Å². The molecule has 5 nitrogen and oxygen atoms in total. The van der Waals surface area contributed by atoms with E-state index in [0.29, 0.717) is 29.6 Å². The molecule has 0 bridgehead atoms. The molecule has 0 amide bonds. The third-order valence-corrected chi connectivity index (χ3v) is 11.3. The molecule has 6 rings (SSSR count). The van der Waals surface area contributed by atoms with Gasteiger partial charge in [0.15, 0.2) is 5.78 Å². The minimum atomic E-state index is -0.477. The summed E-state index contributed by atoms with van der Waals surface area (Å²) in [5, 5.41) is 20.0. The Hall–Kier alpha value is -1.75. The van der Waals surface area contributed by atoms with Gasteiger partial charge in [-0.15, -0.1) is 0 Å². The molecule has 0 spiro atoms. The SMILES string of the molecule is Cc1cccc2nn(CC(=O)[C@H]3CC[C@H]4[C@@H]5CC[C@@H]6C[C@](C)(O)CC[C@]6(C)[C@H]5CC[C@]34C)nc12. The quantitative estimate of drug-likeness (QED) is 0.632. The fourth-order valence-corrected chi connectivity index (χ4v) is 9.40. The van der Waals surface area contributed by atoms with Gasteiger partial charge in [-0.1, -0.05) is 26.0 Å². The molecule has 0 unspecified atom stereocenters. The second-order valence-corrected chi connectivity index (χ2v) is 13.2. The van der Waals surface area contributed by atoms with Crippen molar-refractivity contribution >= 4 is 16.8 Å². The largest absolute Gasteiger partial charge is 0.390 e. The average molecular weight is 464 g/mol. The topological polar surface area (TPSA) is 68.0 Å². The van der Waals surface area contributed by atoms with E-state index < -0.39 is 5.60 Å². The first-order chi connectivity index (χ1) is 16.1. The van der Waals surface area contributed by atoms with Gasteiger partial charge in [-0.25, -0.2) is 0 Å². The van der Waals surface area contributed by atoms with Gasteiger partial charge in [-0.3, -0.25) is 4.79 Å². The van der Waals surface area contributed by atoms with Crippen molar-refractivity contribution in [1.82, 2.24) is 15.0 Å². The lowest BCUT2D eigenvalue weighted by Crippen LogP contribution is -2.55. The summed E-state index contributed by atoms with van der Waals surface area (Å²) in [7, 11) is 0. The van der Waals surface area contributed by atoms with Crippen LogP contribution in [0.15, 0.2) is 18.2 Å². The van der Waals surface area contributed by atoms with Crippen molar-refractivity contribution in [1.29, 1.82) is 0 Å². The van der Waals surface area contributed by atoms with E-state index in [2.05, 4.69) is 24.0 Å². The molecule has 4 saturated carbocycles. The lowest BCUT2D eigenvalue weighted by atomic mass is 9.44. The number of carbonyl (C=O) groups is 1. The van der Waals surface area contributed by atoms with E-state index in [1.54, 1.807) is 4.80 Å². The Kier molecular flexibility index (Phi) is 5.09. The van der Waals surface area contributed by atoms with Crippen LogP contribution in [0.2, 0.25) is 0 Å². The molecule has 2 aromatic rings. The molecule has 4 fully saturated rings. The first-order valence-electron chi connectivity index (χ1n) is 13.7. The summed E-state index contributed by atoms with van der Waals surface area (Å²) in [6, 6.07) is 6.03. The van der Waals surface area contributed by atoms with Crippen LogP contribution in [0.25, 0.3) is 11.0 Å². The van der Waals surface area contributed by atoms with Crippen LogP contribution in [0.5, 0.6) is 0 Å². The maximum atomic E-state index is 13.6. The summed E-state index contributed by atoms with van der Waals surface area (Å²) in [6.45, 7) is 9.36. The number of fused-ring (bicyclic) bond motifs is 6. The molecule has 1 aromatic heterocycles. The van der Waals surface area contributed by atoms with E-state index >= 15 is 0 Å². The average Bonchev–Trinajstić information content (AvgIpc) is 3.35. The van der Waals surface area contributed by atoms with Crippen molar-refractivity contribution in [2.24, 2.45) is 40.4 Å². The predicted molar refractivity (Wildman–Crippen MR) is 133 cm³/mol. The molecule has 4 aliphatic carbocycles. The highest BCUT2D eigenvalue weighted by atomic mass is 16.3. The van der Waals surface area contributed by atoms with Crippen molar-refractivity contribution in [3.8, 4) is 0 Å². The summed E-state index contributed by atoms with van der Waals surface area (Å²) in [6.07, 6.45) is 10.3. The highest BCUT2D eigenvalue weighted by molar-refractivity contribution is 5.82. The first-order valence-corrected chi connectivity index (χ1v) is 13.7. The molecule has 5 heteroatoms. The number of aryl methyl sites for hydroxylation is 1. The number of benzene rings is 1. The van der Waals surface area contributed by atoms with Crippen LogP contribution in [0.4, 0.5) is 0 Å². The maximum absolute atomic E-state index is 13.6. The number of ketones is 1. The second-order valence-electron chi connectivity index (χ2n) is 13.2. The number of carbonyl (C=O) groups excluding carboxylic acids is 1. The van der Waals surface area contributed by atoms with E-state index in [4.69, 9.17) is 0 Å².